The summed E-state index contributed by atoms with van der Waals surface area (Å²) in [6.45, 7) is 0. The van der Waals surface area contributed by atoms with Crippen molar-refractivity contribution >= 4 is 11.6 Å². The lowest BCUT2D eigenvalue weighted by Crippen LogP contribution is -2.37. The van der Waals surface area contributed by atoms with Gasteiger partial charge in [0.2, 0.25) is 0 Å². The Morgan fingerprint density at radius 3 is 2.63 bits per heavy atom. The summed E-state index contributed by atoms with van der Waals surface area (Å²) in [4.78, 5) is 0. The first-order chi connectivity index (χ1) is 8.85. The summed E-state index contributed by atoms with van der Waals surface area (Å²) in [7, 11) is 1.49. The van der Waals surface area contributed by atoms with Crippen molar-refractivity contribution in [1.29, 1.82) is 0 Å². The second-order valence-electron chi connectivity index (χ2n) is 4.18. The van der Waals surface area contributed by atoms with E-state index in [1.54, 1.807) is 18.2 Å². The van der Waals surface area contributed by atoms with Gasteiger partial charge in [-0.25, -0.2) is 0 Å². The van der Waals surface area contributed by atoms with Crippen LogP contribution in [0, 0.1) is 0 Å². The number of rotatable bonds is 6. The van der Waals surface area contributed by atoms with Gasteiger partial charge < -0.3 is 4.74 Å². The van der Waals surface area contributed by atoms with Crippen LogP contribution in [0.25, 0.3) is 0 Å². The lowest BCUT2D eigenvalue weighted by Gasteiger charge is -2.18. The summed E-state index contributed by atoms with van der Waals surface area (Å²) in [6.07, 6.45) is -4.86. The van der Waals surface area contributed by atoms with Crippen molar-refractivity contribution in [3.63, 3.8) is 0 Å². The molecule has 19 heavy (non-hydrogen) atoms. The molecule has 0 aromatic heterocycles. The van der Waals surface area contributed by atoms with E-state index in [2.05, 4.69) is 5.43 Å². The fourth-order valence-electron chi connectivity index (χ4n) is 1.75. The van der Waals surface area contributed by atoms with Gasteiger partial charge in [0.15, 0.2) is 0 Å². The number of hydrazine groups is 1. The molecule has 3 nitrogen and oxygen atoms in total. The number of alkyl halides is 3. The number of ether oxygens (including phenoxy) is 1. The molecule has 0 aliphatic heterocycles. The number of hydrogen-bond donors (Lipinski definition) is 2. The molecule has 7 heteroatoms. The average Bonchev–Trinajstić information content (AvgIpc) is 2.33. The van der Waals surface area contributed by atoms with Crippen LogP contribution in [0.4, 0.5) is 13.2 Å². The van der Waals surface area contributed by atoms with Gasteiger partial charge in [0.25, 0.3) is 0 Å². The molecular formula is C12H16ClF3N2O. The van der Waals surface area contributed by atoms with Crippen molar-refractivity contribution < 1.29 is 17.9 Å². The third-order valence-corrected chi connectivity index (χ3v) is 2.96. The molecule has 0 fully saturated rings. The Balaban J connectivity index is 2.72. The highest BCUT2D eigenvalue weighted by molar-refractivity contribution is 6.30. The molecule has 3 N–H and O–H groups in total. The number of methoxy groups -OCH3 is 1. The molecule has 1 rings (SSSR count). The Labute approximate surface area is 114 Å². The van der Waals surface area contributed by atoms with Crippen LogP contribution in [-0.4, -0.2) is 19.3 Å². The van der Waals surface area contributed by atoms with Gasteiger partial charge in [0.05, 0.1) is 7.11 Å². The largest absolute Gasteiger partial charge is 0.496 e. The zero-order valence-corrected chi connectivity index (χ0v) is 11.2. The second kappa shape index (κ2) is 6.98. The smallest absolute Gasteiger partial charge is 0.389 e. The zero-order chi connectivity index (χ0) is 14.5. The van der Waals surface area contributed by atoms with Gasteiger partial charge in [0.1, 0.15) is 5.75 Å². The molecule has 0 radical (unpaired) electrons. The van der Waals surface area contributed by atoms with Crippen LogP contribution in [-0.2, 0) is 6.42 Å². The second-order valence-corrected chi connectivity index (χ2v) is 4.61. The van der Waals surface area contributed by atoms with Crippen LogP contribution in [0.1, 0.15) is 18.4 Å². The number of benzene rings is 1. The van der Waals surface area contributed by atoms with E-state index in [0.29, 0.717) is 17.2 Å². The number of nitrogens with one attached hydrogen (secondary N) is 1. The van der Waals surface area contributed by atoms with Gasteiger partial charge in [-0.15, -0.1) is 0 Å². The highest BCUT2D eigenvalue weighted by Crippen LogP contribution is 2.27. The normalized spacial score (nSPS) is 13.4. The van der Waals surface area contributed by atoms with Gasteiger partial charge in [-0.05, 0) is 36.6 Å². The van der Waals surface area contributed by atoms with Crippen molar-refractivity contribution in [1.82, 2.24) is 5.43 Å². The maximum Gasteiger partial charge on any atom is 0.389 e. The molecular weight excluding hydrogens is 281 g/mol. The predicted octanol–water partition coefficient (Wildman–Crippen LogP) is 3.07. The molecule has 0 saturated heterocycles. The van der Waals surface area contributed by atoms with Crippen LogP contribution >= 0.6 is 11.6 Å². The molecule has 0 spiro atoms. The number of halogens is 4. The quantitative estimate of drug-likeness (QED) is 0.626. The van der Waals surface area contributed by atoms with Crippen LogP contribution in [0.2, 0.25) is 5.02 Å². The first-order valence-electron chi connectivity index (χ1n) is 5.71. The Bertz CT molecular complexity index is 412. The lowest BCUT2D eigenvalue weighted by molar-refractivity contribution is -0.136. The highest BCUT2D eigenvalue weighted by atomic mass is 35.5. The van der Waals surface area contributed by atoms with Crippen LogP contribution in [0.5, 0.6) is 5.75 Å². The summed E-state index contributed by atoms with van der Waals surface area (Å²) in [5.74, 6) is 5.87. The fourth-order valence-corrected chi connectivity index (χ4v) is 1.95. The van der Waals surface area contributed by atoms with Crippen LogP contribution < -0.4 is 16.0 Å². The minimum atomic E-state index is -4.19. The monoisotopic (exact) mass is 296 g/mol. The standard InChI is InChI=1S/C12H16ClF3N2O/c1-19-11-3-2-9(13)6-8(11)7-10(18-17)4-5-12(14,15)16/h2-3,6,10,18H,4-5,7,17H2,1H3. The third kappa shape index (κ3) is 5.67. The van der Waals surface area contributed by atoms with Crippen molar-refractivity contribution in [2.45, 2.75) is 31.5 Å². The molecule has 108 valence electrons. The molecule has 1 atom stereocenters. The van der Waals surface area contributed by atoms with Crippen molar-refractivity contribution in [2.24, 2.45) is 5.84 Å². The fraction of sp³-hybridized carbons (Fsp3) is 0.500. The van der Waals surface area contributed by atoms with Gasteiger partial charge in [-0.1, -0.05) is 11.6 Å². The molecule has 0 aliphatic rings. The first kappa shape index (κ1) is 16.1. The molecule has 1 aromatic rings. The zero-order valence-electron chi connectivity index (χ0n) is 10.4. The van der Waals surface area contributed by atoms with Crippen LogP contribution in [0.15, 0.2) is 18.2 Å². The van der Waals surface area contributed by atoms with E-state index in [9.17, 15) is 13.2 Å². The van der Waals surface area contributed by atoms with E-state index in [0.717, 1.165) is 5.56 Å². The first-order valence-corrected chi connectivity index (χ1v) is 6.09. The van der Waals surface area contributed by atoms with E-state index in [1.807, 2.05) is 0 Å². The SMILES string of the molecule is COc1ccc(Cl)cc1CC(CCC(F)(F)F)NN. The van der Waals surface area contributed by atoms with E-state index in [-0.39, 0.29) is 6.42 Å². The number of hydrogen-bond acceptors (Lipinski definition) is 3. The summed E-state index contributed by atoms with van der Waals surface area (Å²) in [5.41, 5.74) is 3.12. The molecule has 1 aromatic carbocycles. The van der Waals surface area contributed by atoms with E-state index >= 15 is 0 Å². The van der Waals surface area contributed by atoms with Gasteiger partial charge in [-0.2, -0.15) is 13.2 Å². The van der Waals surface area contributed by atoms with Gasteiger partial charge in [-0.3, -0.25) is 11.3 Å². The van der Waals surface area contributed by atoms with E-state index in [4.69, 9.17) is 22.2 Å². The molecule has 0 saturated carbocycles. The van der Waals surface area contributed by atoms with Gasteiger partial charge in [0, 0.05) is 17.5 Å². The maximum atomic E-state index is 12.2. The third-order valence-electron chi connectivity index (χ3n) is 2.72. The molecule has 0 heterocycles. The summed E-state index contributed by atoms with van der Waals surface area (Å²) < 4.78 is 41.7. The Morgan fingerprint density at radius 2 is 2.11 bits per heavy atom. The Morgan fingerprint density at radius 1 is 1.42 bits per heavy atom. The maximum absolute atomic E-state index is 12.2. The summed E-state index contributed by atoms with van der Waals surface area (Å²) in [5, 5.41) is 0.502. The molecule has 0 aliphatic carbocycles. The lowest BCUT2D eigenvalue weighted by atomic mass is 10.0. The highest BCUT2D eigenvalue weighted by Gasteiger charge is 2.28. The van der Waals surface area contributed by atoms with Gasteiger partial charge >= 0.3 is 6.18 Å². The predicted molar refractivity (Wildman–Crippen MR) is 68.1 cm³/mol. The minimum Gasteiger partial charge on any atom is -0.496 e. The average molecular weight is 297 g/mol. The minimum absolute atomic E-state index is 0.102. The van der Waals surface area contributed by atoms with Crippen molar-refractivity contribution in [3.05, 3.63) is 28.8 Å². The Kier molecular flexibility index (Phi) is 5.90. The molecule has 0 bridgehead atoms. The summed E-state index contributed by atoms with van der Waals surface area (Å²) in [6, 6.07) is 4.51. The van der Waals surface area contributed by atoms with Crippen LogP contribution in [0.3, 0.4) is 0 Å². The number of nitrogens with two attached hydrogens (primary N) is 1. The topological polar surface area (TPSA) is 47.3 Å². The molecule has 0 amide bonds. The van der Waals surface area contributed by atoms with E-state index in [1.165, 1.54) is 7.11 Å². The Hall–Kier alpha value is -0.980. The molecule has 1 unspecified atom stereocenters. The van der Waals surface area contributed by atoms with Crippen molar-refractivity contribution in [2.75, 3.05) is 7.11 Å². The van der Waals surface area contributed by atoms with Crippen molar-refractivity contribution in [3.8, 4) is 5.75 Å². The van der Waals surface area contributed by atoms with E-state index < -0.39 is 18.6 Å². The summed E-state index contributed by atoms with van der Waals surface area (Å²) >= 11 is 5.86.